The summed E-state index contributed by atoms with van der Waals surface area (Å²) in [4.78, 5) is 36.6. The zero-order valence-electron chi connectivity index (χ0n) is 33.3. The third-order valence-electron chi connectivity index (χ3n) is 8.73. The Morgan fingerprint density at radius 2 is 1.10 bits per heavy atom. The molecule has 0 radical (unpaired) electrons. The Morgan fingerprint density at radius 1 is 0.608 bits per heavy atom. The third-order valence-corrected chi connectivity index (χ3v) is 8.73. The molecule has 0 saturated heterocycles. The molecule has 8 nitrogen and oxygen atoms in total. The first-order chi connectivity index (χ1) is 24.6. The molecule has 0 bridgehead atoms. The van der Waals surface area contributed by atoms with E-state index in [-0.39, 0.29) is 42.7 Å². The molecule has 0 aromatic rings. The summed E-state index contributed by atoms with van der Waals surface area (Å²) in [6.45, 7) is 4.48. The smallest absolute Gasteiger partial charge is 0.306 e. The van der Waals surface area contributed by atoms with Gasteiger partial charge in [0.15, 0.2) is 6.10 Å². The highest BCUT2D eigenvalue weighted by Gasteiger charge is 2.25. The fourth-order valence-electron chi connectivity index (χ4n) is 5.59. The normalized spacial score (nSPS) is 13.5. The van der Waals surface area contributed by atoms with Gasteiger partial charge >= 0.3 is 11.9 Å². The molecule has 0 amide bonds. The number of hydrogen-bond acceptors (Lipinski definition) is 7. The molecule has 0 saturated carbocycles. The second-order valence-electron chi connectivity index (χ2n) is 14.5. The van der Waals surface area contributed by atoms with E-state index in [0.29, 0.717) is 12.8 Å². The minimum atomic E-state index is -1.13. The Labute approximate surface area is 312 Å². The number of esters is 2. The number of carbonyl (C=O) groups excluding carboxylic acids is 3. The standard InChI is InChI=1S/C43H75NO7/c1-6-8-10-12-14-15-16-17-18-19-20-21-22-23-24-25-26-28-30-32-34-42(46)51-39(37-49-36-35-40(43(47)48)44(3,4)5)38-50-41(45)33-31-29-27-13-11-9-7-2/h8,10,14-15,17-18,20-21,39-40H,6-7,9,11-13,16,19,22-38H2,1-5H3/b10-8+,15-14+,18-17+,21-20+. The van der Waals surface area contributed by atoms with Crippen molar-refractivity contribution in [1.82, 2.24) is 0 Å². The molecule has 0 aliphatic heterocycles. The zero-order chi connectivity index (χ0) is 37.8. The number of aliphatic carboxylic acids is 1. The summed E-state index contributed by atoms with van der Waals surface area (Å²) in [5.41, 5.74) is 0. The number of carboxylic acid groups (broad SMARTS) is 1. The first kappa shape index (κ1) is 48.3. The molecule has 0 aliphatic rings. The molecule has 0 spiro atoms. The third kappa shape index (κ3) is 32.9. The summed E-state index contributed by atoms with van der Waals surface area (Å²) in [7, 11) is 5.39. The van der Waals surface area contributed by atoms with E-state index in [1.165, 1.54) is 44.9 Å². The van der Waals surface area contributed by atoms with Gasteiger partial charge in [-0.3, -0.25) is 9.59 Å². The maximum atomic E-state index is 12.6. The molecular formula is C43H75NO7. The molecule has 0 N–H and O–H groups in total. The van der Waals surface area contributed by atoms with Gasteiger partial charge in [0.2, 0.25) is 0 Å². The zero-order valence-corrected chi connectivity index (χ0v) is 33.3. The van der Waals surface area contributed by atoms with Gasteiger partial charge in [-0.15, -0.1) is 0 Å². The Morgan fingerprint density at radius 3 is 1.63 bits per heavy atom. The van der Waals surface area contributed by atoms with Crippen molar-refractivity contribution in [3.8, 4) is 0 Å². The summed E-state index contributed by atoms with van der Waals surface area (Å²) < 4.78 is 17.0. The molecule has 0 aliphatic carbocycles. The fourth-order valence-corrected chi connectivity index (χ4v) is 5.59. The number of nitrogens with zero attached hydrogens (tertiary/aromatic N) is 1. The molecule has 0 fully saturated rings. The lowest BCUT2D eigenvalue weighted by Crippen LogP contribution is -2.55. The largest absolute Gasteiger partial charge is 0.544 e. The number of carboxylic acids is 1. The Kier molecular flexibility index (Phi) is 32.6. The molecular weight excluding hydrogens is 642 g/mol. The van der Waals surface area contributed by atoms with E-state index in [4.69, 9.17) is 14.2 Å². The van der Waals surface area contributed by atoms with Gasteiger partial charge in [0.05, 0.1) is 40.3 Å². The van der Waals surface area contributed by atoms with Crippen LogP contribution in [0.4, 0.5) is 0 Å². The first-order valence-electron chi connectivity index (χ1n) is 20.2. The Hall–Kier alpha value is -2.71. The van der Waals surface area contributed by atoms with Crippen LogP contribution in [-0.2, 0) is 28.6 Å². The van der Waals surface area contributed by atoms with Gasteiger partial charge in [0, 0.05) is 19.3 Å². The lowest BCUT2D eigenvalue weighted by Gasteiger charge is -2.34. The second kappa shape index (κ2) is 34.4. The van der Waals surface area contributed by atoms with E-state index in [1.54, 1.807) is 21.1 Å². The van der Waals surface area contributed by atoms with Crippen molar-refractivity contribution in [2.24, 2.45) is 0 Å². The highest BCUT2D eigenvalue weighted by molar-refractivity contribution is 5.70. The van der Waals surface area contributed by atoms with Crippen molar-refractivity contribution in [2.75, 3.05) is 41.0 Å². The van der Waals surface area contributed by atoms with Gasteiger partial charge in [0.25, 0.3) is 0 Å². The summed E-state index contributed by atoms with van der Waals surface area (Å²) in [5, 5.41) is 11.6. The second-order valence-corrected chi connectivity index (χ2v) is 14.5. The molecule has 294 valence electrons. The minimum Gasteiger partial charge on any atom is -0.544 e. The molecule has 0 aromatic carbocycles. The maximum absolute atomic E-state index is 12.6. The van der Waals surface area contributed by atoms with Crippen molar-refractivity contribution in [2.45, 2.75) is 167 Å². The predicted octanol–water partition coefficient (Wildman–Crippen LogP) is 9.13. The van der Waals surface area contributed by atoms with Crippen molar-refractivity contribution in [1.29, 1.82) is 0 Å². The molecule has 8 heteroatoms. The van der Waals surface area contributed by atoms with Gasteiger partial charge in [-0.05, 0) is 51.4 Å². The molecule has 0 aromatic heterocycles. The highest BCUT2D eigenvalue weighted by atomic mass is 16.6. The number of hydrogen-bond donors (Lipinski definition) is 0. The SMILES string of the molecule is CC/C=C/C/C=C/C/C=C/C/C=C/CCCCCCCCCC(=O)OC(COCCC(C(=O)[O-])[N+](C)(C)C)COC(=O)CCCCCCCCC. The number of likely N-dealkylation sites (N-methyl/N-ethyl adjacent to an activating group) is 1. The molecule has 51 heavy (non-hydrogen) atoms. The van der Waals surface area contributed by atoms with Crippen LogP contribution in [-0.4, -0.2) is 75.5 Å². The number of rotatable bonds is 35. The van der Waals surface area contributed by atoms with E-state index < -0.39 is 18.1 Å². The van der Waals surface area contributed by atoms with Gasteiger partial charge < -0.3 is 28.6 Å². The average Bonchev–Trinajstić information content (AvgIpc) is 3.08. The fraction of sp³-hybridized carbons (Fsp3) is 0.744. The predicted molar refractivity (Wildman–Crippen MR) is 208 cm³/mol. The lowest BCUT2D eigenvalue weighted by molar-refractivity contribution is -0.889. The number of quaternary nitrogens is 1. The number of carbonyl (C=O) groups is 3. The van der Waals surface area contributed by atoms with E-state index in [1.807, 2.05) is 0 Å². The van der Waals surface area contributed by atoms with E-state index in [0.717, 1.165) is 77.0 Å². The van der Waals surface area contributed by atoms with Gasteiger partial charge in [-0.1, -0.05) is 133 Å². The molecule has 0 rings (SSSR count). The van der Waals surface area contributed by atoms with Crippen LogP contribution >= 0.6 is 0 Å². The number of ether oxygens (including phenoxy) is 3. The quantitative estimate of drug-likeness (QED) is 0.0279. The summed E-state index contributed by atoms with van der Waals surface area (Å²) in [5.74, 6) is -1.76. The van der Waals surface area contributed by atoms with Gasteiger partial charge in [-0.2, -0.15) is 0 Å². The van der Waals surface area contributed by atoms with Crippen LogP contribution in [0.3, 0.4) is 0 Å². The lowest BCUT2D eigenvalue weighted by atomic mass is 10.1. The van der Waals surface area contributed by atoms with Crippen molar-refractivity contribution in [3.05, 3.63) is 48.6 Å². The van der Waals surface area contributed by atoms with Crippen LogP contribution in [0.15, 0.2) is 48.6 Å². The average molecular weight is 718 g/mol. The van der Waals surface area contributed by atoms with Crippen LogP contribution in [0.25, 0.3) is 0 Å². The molecule has 2 unspecified atom stereocenters. The van der Waals surface area contributed by atoms with Crippen LogP contribution in [0, 0.1) is 0 Å². The topological polar surface area (TPSA) is 102 Å². The number of allylic oxidation sites excluding steroid dienone is 8. The van der Waals surface area contributed by atoms with E-state index in [2.05, 4.69) is 62.5 Å². The maximum Gasteiger partial charge on any atom is 0.306 e. The van der Waals surface area contributed by atoms with Crippen molar-refractivity contribution >= 4 is 17.9 Å². The van der Waals surface area contributed by atoms with Crippen LogP contribution in [0.2, 0.25) is 0 Å². The van der Waals surface area contributed by atoms with E-state index in [9.17, 15) is 19.5 Å². The molecule has 2 atom stereocenters. The van der Waals surface area contributed by atoms with Crippen LogP contribution in [0.1, 0.15) is 155 Å². The van der Waals surface area contributed by atoms with Crippen LogP contribution < -0.4 is 5.11 Å². The Balaban J connectivity index is 4.30. The highest BCUT2D eigenvalue weighted by Crippen LogP contribution is 2.13. The van der Waals surface area contributed by atoms with Gasteiger partial charge in [-0.25, -0.2) is 0 Å². The summed E-state index contributed by atoms with van der Waals surface area (Å²) >= 11 is 0. The monoisotopic (exact) mass is 718 g/mol. The molecule has 0 heterocycles. The van der Waals surface area contributed by atoms with Crippen molar-refractivity contribution in [3.63, 3.8) is 0 Å². The minimum absolute atomic E-state index is 0.0360. The van der Waals surface area contributed by atoms with Crippen LogP contribution in [0.5, 0.6) is 0 Å². The number of unbranched alkanes of at least 4 members (excludes halogenated alkanes) is 13. The summed E-state index contributed by atoms with van der Waals surface area (Å²) in [6, 6.07) is -0.726. The van der Waals surface area contributed by atoms with Crippen molar-refractivity contribution < 1.29 is 38.2 Å². The van der Waals surface area contributed by atoms with Gasteiger partial charge in [0.1, 0.15) is 12.6 Å². The van der Waals surface area contributed by atoms with E-state index >= 15 is 0 Å². The summed E-state index contributed by atoms with van der Waals surface area (Å²) in [6.07, 6.45) is 38.6. The first-order valence-corrected chi connectivity index (χ1v) is 20.2. The Bertz CT molecular complexity index is 979.